The zero-order chi connectivity index (χ0) is 14.2. The molecule has 0 bridgehead atoms. The summed E-state index contributed by atoms with van der Waals surface area (Å²) in [7, 11) is 0. The van der Waals surface area contributed by atoms with Gasteiger partial charge in [0.25, 0.3) is 0 Å². The fourth-order valence-electron chi connectivity index (χ4n) is 1.97. The van der Waals surface area contributed by atoms with E-state index in [0.717, 1.165) is 43.3 Å². The monoisotopic (exact) mass is 271 g/mol. The SMILES string of the molecule is CCOCCCNc1ccc(-c2ccccc2C)nn1. The van der Waals surface area contributed by atoms with Crippen molar-refractivity contribution in [3.8, 4) is 11.3 Å². The maximum atomic E-state index is 5.29. The van der Waals surface area contributed by atoms with E-state index in [1.165, 1.54) is 5.56 Å². The van der Waals surface area contributed by atoms with Gasteiger partial charge in [-0.25, -0.2) is 0 Å². The first kappa shape index (κ1) is 14.5. The average molecular weight is 271 g/mol. The molecular weight excluding hydrogens is 250 g/mol. The van der Waals surface area contributed by atoms with Gasteiger partial charge in [-0.3, -0.25) is 0 Å². The average Bonchev–Trinajstić information content (AvgIpc) is 2.48. The second-order valence-corrected chi connectivity index (χ2v) is 4.60. The predicted molar refractivity (Wildman–Crippen MR) is 81.8 cm³/mol. The third kappa shape index (κ3) is 4.03. The molecule has 2 aromatic rings. The van der Waals surface area contributed by atoms with Crippen LogP contribution in [0.15, 0.2) is 36.4 Å². The molecule has 1 N–H and O–H groups in total. The van der Waals surface area contributed by atoms with Crippen LogP contribution in [-0.2, 0) is 4.74 Å². The minimum Gasteiger partial charge on any atom is -0.382 e. The molecule has 20 heavy (non-hydrogen) atoms. The molecule has 106 valence electrons. The smallest absolute Gasteiger partial charge is 0.148 e. The molecule has 0 aliphatic carbocycles. The van der Waals surface area contributed by atoms with Crippen molar-refractivity contribution in [1.82, 2.24) is 10.2 Å². The molecule has 4 nitrogen and oxygen atoms in total. The topological polar surface area (TPSA) is 47.0 Å². The second kappa shape index (κ2) is 7.60. The predicted octanol–water partition coefficient (Wildman–Crippen LogP) is 3.29. The Morgan fingerprint density at radius 2 is 1.95 bits per heavy atom. The van der Waals surface area contributed by atoms with Crippen molar-refractivity contribution >= 4 is 5.82 Å². The molecule has 1 heterocycles. The summed E-state index contributed by atoms with van der Waals surface area (Å²) in [6, 6.07) is 12.2. The fraction of sp³-hybridized carbons (Fsp3) is 0.375. The molecule has 2 rings (SSSR count). The summed E-state index contributed by atoms with van der Waals surface area (Å²) in [4.78, 5) is 0. The van der Waals surface area contributed by atoms with E-state index in [1.807, 2.05) is 31.2 Å². The Bertz CT molecular complexity index is 526. The summed E-state index contributed by atoms with van der Waals surface area (Å²) in [5.74, 6) is 0.804. The van der Waals surface area contributed by atoms with Gasteiger partial charge in [0.1, 0.15) is 5.82 Å². The van der Waals surface area contributed by atoms with Crippen LogP contribution in [0.25, 0.3) is 11.3 Å². The molecule has 0 saturated heterocycles. The second-order valence-electron chi connectivity index (χ2n) is 4.60. The lowest BCUT2D eigenvalue weighted by molar-refractivity contribution is 0.147. The molecule has 0 saturated carbocycles. The molecule has 1 aromatic carbocycles. The number of ether oxygens (including phenoxy) is 1. The van der Waals surface area contributed by atoms with Crippen molar-refractivity contribution in [2.75, 3.05) is 25.1 Å². The third-order valence-electron chi connectivity index (χ3n) is 3.06. The van der Waals surface area contributed by atoms with Gasteiger partial charge in [0.15, 0.2) is 0 Å². The van der Waals surface area contributed by atoms with Gasteiger partial charge in [0.05, 0.1) is 5.69 Å². The standard InChI is InChI=1S/C16H21N3O/c1-3-20-12-6-11-17-16-10-9-15(18-19-16)14-8-5-4-7-13(14)2/h4-5,7-10H,3,6,11-12H2,1-2H3,(H,17,19). The zero-order valence-corrected chi connectivity index (χ0v) is 12.1. The minimum atomic E-state index is 0.769. The number of hydrogen-bond donors (Lipinski definition) is 1. The van der Waals surface area contributed by atoms with Gasteiger partial charge in [-0.2, -0.15) is 0 Å². The number of rotatable bonds is 7. The number of aryl methyl sites for hydroxylation is 1. The van der Waals surface area contributed by atoms with E-state index in [1.54, 1.807) is 0 Å². The quantitative estimate of drug-likeness (QED) is 0.785. The first-order valence-corrected chi connectivity index (χ1v) is 7.02. The first-order valence-electron chi connectivity index (χ1n) is 7.02. The normalized spacial score (nSPS) is 10.5. The van der Waals surface area contributed by atoms with Gasteiger partial charge in [-0.15, -0.1) is 10.2 Å². The van der Waals surface area contributed by atoms with Gasteiger partial charge in [-0.05, 0) is 38.0 Å². The molecule has 0 unspecified atom stereocenters. The van der Waals surface area contributed by atoms with Crippen LogP contribution in [0.5, 0.6) is 0 Å². The van der Waals surface area contributed by atoms with Crippen LogP contribution < -0.4 is 5.32 Å². The molecule has 0 atom stereocenters. The van der Waals surface area contributed by atoms with Crippen LogP contribution in [0, 0.1) is 6.92 Å². The van der Waals surface area contributed by atoms with Gasteiger partial charge in [0.2, 0.25) is 0 Å². The highest BCUT2D eigenvalue weighted by Crippen LogP contribution is 2.20. The number of nitrogens with one attached hydrogen (secondary N) is 1. The summed E-state index contributed by atoms with van der Waals surface area (Å²) in [5, 5.41) is 11.7. The largest absolute Gasteiger partial charge is 0.382 e. The van der Waals surface area contributed by atoms with Gasteiger partial charge in [0, 0.05) is 25.3 Å². The Hall–Kier alpha value is -1.94. The summed E-state index contributed by atoms with van der Waals surface area (Å²) in [6.45, 7) is 6.47. The summed E-state index contributed by atoms with van der Waals surface area (Å²) < 4.78 is 5.29. The van der Waals surface area contributed by atoms with E-state index in [9.17, 15) is 0 Å². The van der Waals surface area contributed by atoms with Crippen LogP contribution in [0.2, 0.25) is 0 Å². The van der Waals surface area contributed by atoms with E-state index >= 15 is 0 Å². The van der Waals surface area contributed by atoms with Crippen LogP contribution in [0.4, 0.5) is 5.82 Å². The maximum absolute atomic E-state index is 5.29. The number of hydrogen-bond acceptors (Lipinski definition) is 4. The van der Waals surface area contributed by atoms with Gasteiger partial charge in [-0.1, -0.05) is 24.3 Å². The van der Waals surface area contributed by atoms with Crippen LogP contribution in [-0.4, -0.2) is 30.0 Å². The van der Waals surface area contributed by atoms with E-state index < -0.39 is 0 Å². The molecule has 4 heteroatoms. The Morgan fingerprint density at radius 1 is 1.10 bits per heavy atom. The highest BCUT2D eigenvalue weighted by molar-refractivity contribution is 5.63. The molecule has 0 radical (unpaired) electrons. The van der Waals surface area contributed by atoms with Gasteiger partial charge >= 0.3 is 0 Å². The van der Waals surface area contributed by atoms with Crippen LogP contribution in [0.3, 0.4) is 0 Å². The van der Waals surface area contributed by atoms with E-state index in [4.69, 9.17) is 4.74 Å². The highest BCUT2D eigenvalue weighted by atomic mass is 16.5. The lowest BCUT2D eigenvalue weighted by Gasteiger charge is -2.07. The third-order valence-corrected chi connectivity index (χ3v) is 3.06. The van der Waals surface area contributed by atoms with Crippen LogP contribution >= 0.6 is 0 Å². The van der Waals surface area contributed by atoms with E-state index in [0.29, 0.717) is 0 Å². The lowest BCUT2D eigenvalue weighted by atomic mass is 10.1. The molecule has 0 amide bonds. The summed E-state index contributed by atoms with van der Waals surface area (Å²) in [6.07, 6.45) is 0.967. The van der Waals surface area contributed by atoms with Crippen molar-refractivity contribution in [2.24, 2.45) is 0 Å². The van der Waals surface area contributed by atoms with Crippen molar-refractivity contribution in [1.29, 1.82) is 0 Å². The molecule has 1 aromatic heterocycles. The van der Waals surface area contributed by atoms with Crippen molar-refractivity contribution in [3.63, 3.8) is 0 Å². The fourth-order valence-corrected chi connectivity index (χ4v) is 1.97. The van der Waals surface area contributed by atoms with E-state index in [2.05, 4.69) is 34.6 Å². The molecule has 0 spiro atoms. The summed E-state index contributed by atoms with van der Waals surface area (Å²) >= 11 is 0. The minimum absolute atomic E-state index is 0.769. The molecule has 0 fully saturated rings. The Balaban J connectivity index is 1.92. The van der Waals surface area contributed by atoms with Gasteiger partial charge < -0.3 is 10.1 Å². The zero-order valence-electron chi connectivity index (χ0n) is 12.1. The Morgan fingerprint density at radius 3 is 2.65 bits per heavy atom. The van der Waals surface area contributed by atoms with Crippen molar-refractivity contribution < 1.29 is 4.74 Å². The lowest BCUT2D eigenvalue weighted by Crippen LogP contribution is -2.07. The van der Waals surface area contributed by atoms with Crippen molar-refractivity contribution in [3.05, 3.63) is 42.0 Å². The number of benzene rings is 1. The van der Waals surface area contributed by atoms with E-state index in [-0.39, 0.29) is 0 Å². The Kier molecular flexibility index (Phi) is 5.50. The number of nitrogens with zero attached hydrogens (tertiary/aromatic N) is 2. The van der Waals surface area contributed by atoms with Crippen LogP contribution in [0.1, 0.15) is 18.9 Å². The first-order chi connectivity index (χ1) is 9.81. The van der Waals surface area contributed by atoms with Crippen molar-refractivity contribution in [2.45, 2.75) is 20.3 Å². The maximum Gasteiger partial charge on any atom is 0.148 e. The molecule has 0 aliphatic rings. The number of aromatic nitrogens is 2. The summed E-state index contributed by atoms with van der Waals surface area (Å²) in [5.41, 5.74) is 3.24. The Labute approximate surface area is 120 Å². The highest BCUT2D eigenvalue weighted by Gasteiger charge is 2.03. The number of anilines is 1. The molecule has 0 aliphatic heterocycles. The molecular formula is C16H21N3O.